The van der Waals surface area contributed by atoms with Gasteiger partial charge >= 0.3 is 0 Å². The number of hydrogen-bond donors (Lipinski definition) is 0. The van der Waals surface area contributed by atoms with E-state index in [0.717, 1.165) is 10.2 Å². The van der Waals surface area contributed by atoms with Crippen molar-refractivity contribution in [3.63, 3.8) is 0 Å². The molecular weight excluding hydrogens is 240 g/mol. The highest BCUT2D eigenvalue weighted by atomic mass is 79.9. The Morgan fingerprint density at radius 2 is 2.00 bits per heavy atom. The van der Waals surface area contributed by atoms with E-state index in [1.165, 1.54) is 42.4 Å². The Kier molecular flexibility index (Phi) is 2.82. The molecule has 0 heterocycles. The summed E-state index contributed by atoms with van der Waals surface area (Å²) in [6.07, 6.45) is 5.08. The molecule has 0 amide bonds. The first-order chi connectivity index (χ1) is 6.74. The molecule has 0 N–H and O–H groups in total. The zero-order chi connectivity index (χ0) is 10.1. The molecule has 0 spiro atoms. The van der Waals surface area contributed by atoms with Crippen LogP contribution in [0.2, 0.25) is 0 Å². The molecule has 0 atom stereocenters. The Balaban J connectivity index is 2.57. The molecule has 76 valence electrons. The van der Waals surface area contributed by atoms with Crippen LogP contribution in [0.1, 0.15) is 29.5 Å². The largest absolute Gasteiger partial charge is 0.495 e. The summed E-state index contributed by atoms with van der Waals surface area (Å²) in [5, 5.41) is 0. The predicted molar refractivity (Wildman–Crippen MR) is 62.1 cm³/mol. The second kappa shape index (κ2) is 3.93. The molecular formula is C12H15BrO. The van der Waals surface area contributed by atoms with Gasteiger partial charge in [-0.3, -0.25) is 0 Å². The summed E-state index contributed by atoms with van der Waals surface area (Å²) in [5.41, 5.74) is 4.33. The molecule has 1 nitrogen and oxygen atoms in total. The summed E-state index contributed by atoms with van der Waals surface area (Å²) in [6.45, 7) is 2.16. The van der Waals surface area contributed by atoms with Crippen molar-refractivity contribution in [3.05, 3.63) is 27.2 Å². The molecule has 0 aromatic heterocycles. The predicted octanol–water partition coefficient (Wildman–Crippen LogP) is 3.64. The van der Waals surface area contributed by atoms with Crippen LogP contribution in [0.25, 0.3) is 0 Å². The first-order valence-corrected chi connectivity index (χ1v) is 5.88. The zero-order valence-corrected chi connectivity index (χ0v) is 10.3. The fourth-order valence-corrected chi connectivity index (χ4v) is 3.04. The highest BCUT2D eigenvalue weighted by molar-refractivity contribution is 9.10. The smallest absolute Gasteiger partial charge is 0.136 e. The molecule has 1 aliphatic carbocycles. The van der Waals surface area contributed by atoms with Crippen LogP contribution in [0.15, 0.2) is 10.5 Å². The van der Waals surface area contributed by atoms with E-state index in [1.54, 1.807) is 7.11 Å². The summed E-state index contributed by atoms with van der Waals surface area (Å²) in [5.74, 6) is 1.01. The highest BCUT2D eigenvalue weighted by Crippen LogP contribution is 2.36. The lowest BCUT2D eigenvalue weighted by Crippen LogP contribution is -2.06. The van der Waals surface area contributed by atoms with E-state index in [2.05, 4.69) is 28.9 Å². The monoisotopic (exact) mass is 254 g/mol. The minimum atomic E-state index is 1.01. The molecule has 2 rings (SSSR count). The van der Waals surface area contributed by atoms with E-state index in [1.807, 2.05) is 0 Å². The van der Waals surface area contributed by atoms with Gasteiger partial charge in [-0.05, 0) is 71.3 Å². The Labute approximate surface area is 93.6 Å². The van der Waals surface area contributed by atoms with Gasteiger partial charge in [-0.25, -0.2) is 0 Å². The maximum absolute atomic E-state index is 5.39. The summed E-state index contributed by atoms with van der Waals surface area (Å²) in [6, 6.07) is 2.22. The Hall–Kier alpha value is -0.500. The van der Waals surface area contributed by atoms with Crippen molar-refractivity contribution in [2.75, 3.05) is 7.11 Å². The lowest BCUT2D eigenvalue weighted by Gasteiger charge is -2.21. The maximum Gasteiger partial charge on any atom is 0.136 e. The molecule has 2 heteroatoms. The number of methoxy groups -OCH3 is 1. The van der Waals surface area contributed by atoms with Crippen LogP contribution in [-0.4, -0.2) is 7.11 Å². The fourth-order valence-electron chi connectivity index (χ4n) is 2.30. The first-order valence-electron chi connectivity index (χ1n) is 5.09. The summed E-state index contributed by atoms with van der Waals surface area (Å²) in [4.78, 5) is 0. The van der Waals surface area contributed by atoms with Crippen LogP contribution in [0.3, 0.4) is 0 Å². The quantitative estimate of drug-likeness (QED) is 0.744. The van der Waals surface area contributed by atoms with Gasteiger partial charge < -0.3 is 4.74 Å². The minimum absolute atomic E-state index is 1.01. The molecule has 0 saturated carbocycles. The number of halogens is 1. The van der Waals surface area contributed by atoms with Gasteiger partial charge in [-0.1, -0.05) is 0 Å². The third-order valence-electron chi connectivity index (χ3n) is 3.03. The van der Waals surface area contributed by atoms with Gasteiger partial charge in [0.05, 0.1) is 11.6 Å². The minimum Gasteiger partial charge on any atom is -0.495 e. The third kappa shape index (κ3) is 1.56. The summed E-state index contributed by atoms with van der Waals surface area (Å²) < 4.78 is 6.49. The molecule has 0 aliphatic heterocycles. The second-order valence-corrected chi connectivity index (χ2v) is 4.72. The molecule has 1 aromatic carbocycles. The summed E-state index contributed by atoms with van der Waals surface area (Å²) >= 11 is 3.56. The van der Waals surface area contributed by atoms with Crippen molar-refractivity contribution in [2.24, 2.45) is 0 Å². The van der Waals surface area contributed by atoms with Gasteiger partial charge in [0.25, 0.3) is 0 Å². The number of ether oxygens (including phenoxy) is 1. The van der Waals surface area contributed by atoms with Crippen LogP contribution < -0.4 is 4.74 Å². The van der Waals surface area contributed by atoms with Crippen molar-refractivity contribution in [1.29, 1.82) is 0 Å². The normalized spacial score (nSPS) is 15.1. The molecule has 0 radical (unpaired) electrons. The number of benzene rings is 1. The van der Waals surface area contributed by atoms with Crippen LogP contribution in [-0.2, 0) is 12.8 Å². The van der Waals surface area contributed by atoms with Gasteiger partial charge in [0.2, 0.25) is 0 Å². The number of aryl methyl sites for hydroxylation is 1. The average Bonchev–Trinajstić information content (AvgIpc) is 2.18. The highest BCUT2D eigenvalue weighted by Gasteiger charge is 2.16. The zero-order valence-electron chi connectivity index (χ0n) is 8.69. The van der Waals surface area contributed by atoms with Gasteiger partial charge in [0, 0.05) is 0 Å². The standard InChI is InChI=1S/C12H15BrO/c1-8-10-6-4-3-5-9(10)7-11(13)12(8)14-2/h7H,3-6H2,1-2H3. The molecule has 0 bridgehead atoms. The number of hydrogen-bond acceptors (Lipinski definition) is 1. The topological polar surface area (TPSA) is 9.23 Å². The van der Waals surface area contributed by atoms with E-state index in [0.29, 0.717) is 0 Å². The fraction of sp³-hybridized carbons (Fsp3) is 0.500. The van der Waals surface area contributed by atoms with Crippen molar-refractivity contribution in [1.82, 2.24) is 0 Å². The maximum atomic E-state index is 5.39. The van der Waals surface area contributed by atoms with E-state index >= 15 is 0 Å². The van der Waals surface area contributed by atoms with Crippen LogP contribution in [0, 0.1) is 6.92 Å². The molecule has 0 saturated heterocycles. The summed E-state index contributed by atoms with van der Waals surface area (Å²) in [7, 11) is 1.74. The van der Waals surface area contributed by atoms with Crippen LogP contribution in [0.4, 0.5) is 0 Å². The molecule has 14 heavy (non-hydrogen) atoms. The van der Waals surface area contributed by atoms with Crippen molar-refractivity contribution in [2.45, 2.75) is 32.6 Å². The Bertz CT molecular complexity index is 358. The van der Waals surface area contributed by atoms with Crippen molar-refractivity contribution >= 4 is 15.9 Å². The van der Waals surface area contributed by atoms with Gasteiger partial charge in [0.15, 0.2) is 0 Å². The van der Waals surface area contributed by atoms with Gasteiger partial charge in [-0.15, -0.1) is 0 Å². The average molecular weight is 255 g/mol. The second-order valence-electron chi connectivity index (χ2n) is 3.86. The van der Waals surface area contributed by atoms with Crippen LogP contribution in [0.5, 0.6) is 5.75 Å². The third-order valence-corrected chi connectivity index (χ3v) is 3.61. The van der Waals surface area contributed by atoms with Crippen molar-refractivity contribution < 1.29 is 4.74 Å². The molecule has 0 fully saturated rings. The van der Waals surface area contributed by atoms with E-state index < -0.39 is 0 Å². The number of rotatable bonds is 1. The number of fused-ring (bicyclic) bond motifs is 1. The van der Waals surface area contributed by atoms with Gasteiger partial charge in [0.1, 0.15) is 5.75 Å². The van der Waals surface area contributed by atoms with Crippen molar-refractivity contribution in [3.8, 4) is 5.75 Å². The SMILES string of the molecule is COc1c(Br)cc2c(c1C)CCCC2. The lowest BCUT2D eigenvalue weighted by atomic mass is 9.88. The van der Waals surface area contributed by atoms with Gasteiger partial charge in [-0.2, -0.15) is 0 Å². The first kappa shape index (κ1) is 10.0. The Morgan fingerprint density at radius 3 is 2.71 bits per heavy atom. The lowest BCUT2D eigenvalue weighted by molar-refractivity contribution is 0.407. The molecule has 0 unspecified atom stereocenters. The molecule has 1 aromatic rings. The van der Waals surface area contributed by atoms with E-state index in [4.69, 9.17) is 4.74 Å². The van der Waals surface area contributed by atoms with E-state index in [-0.39, 0.29) is 0 Å². The van der Waals surface area contributed by atoms with E-state index in [9.17, 15) is 0 Å². The Morgan fingerprint density at radius 1 is 1.29 bits per heavy atom. The van der Waals surface area contributed by atoms with Crippen LogP contribution >= 0.6 is 15.9 Å². The molecule has 1 aliphatic rings.